The van der Waals surface area contributed by atoms with E-state index in [1.165, 1.54) is 11.3 Å². The van der Waals surface area contributed by atoms with E-state index in [0.717, 1.165) is 43.9 Å². The first-order valence-corrected chi connectivity index (χ1v) is 16.9. The molecule has 5 N–H and O–H groups in total. The molecule has 0 spiro atoms. The number of rotatable bonds is 13. The molecule has 1 aliphatic rings. The van der Waals surface area contributed by atoms with E-state index in [0.29, 0.717) is 64.7 Å². The van der Waals surface area contributed by atoms with Crippen LogP contribution in [0.2, 0.25) is 10.0 Å². The quantitative estimate of drug-likeness (QED) is 0.0940. The lowest BCUT2D eigenvalue weighted by Gasteiger charge is -2.17. The van der Waals surface area contributed by atoms with Crippen molar-refractivity contribution in [1.29, 1.82) is 0 Å². The van der Waals surface area contributed by atoms with Gasteiger partial charge in [-0.1, -0.05) is 53.5 Å². The molecule has 0 unspecified atom stereocenters. The number of aryl methyl sites for hydroxylation is 1. The van der Waals surface area contributed by atoms with Crippen molar-refractivity contribution >= 4 is 68.1 Å². The lowest BCUT2D eigenvalue weighted by molar-refractivity contribution is -0.136. The van der Waals surface area contributed by atoms with Gasteiger partial charge in [-0.3, -0.25) is 9.59 Å². The Morgan fingerprint density at radius 2 is 1.83 bits per heavy atom. The minimum Gasteiger partial charge on any atom is -0.481 e. The maximum absolute atomic E-state index is 11.5. The summed E-state index contributed by atoms with van der Waals surface area (Å²) >= 11 is 15.6. The Balaban J connectivity index is 1.25. The van der Waals surface area contributed by atoms with E-state index in [1.807, 2.05) is 55.5 Å². The number of fused-ring (bicyclic) bond motifs is 1. The van der Waals surface area contributed by atoms with Crippen LogP contribution in [0.15, 0.2) is 54.7 Å². The summed E-state index contributed by atoms with van der Waals surface area (Å²) in [6.07, 6.45) is 3.08. The molecule has 48 heavy (non-hydrogen) atoms. The molecule has 5 aromatic rings. The normalized spacial score (nSPS) is 14.3. The number of nitrogens with one attached hydrogen (secondary N) is 4. The zero-order chi connectivity index (χ0) is 33.8. The molecule has 0 bridgehead atoms. The SMILES string of the molecule is COc1nc(-c2cccc(-c3cccc(Nc4nccc5sc(CNCC(=O)O)nc45)c3Cl)c2Cl)cc(C)c1CNC[C@H]1CCC(=O)N1. The fourth-order valence-corrected chi connectivity index (χ4v) is 7.17. The van der Waals surface area contributed by atoms with Crippen LogP contribution in [0.25, 0.3) is 32.6 Å². The van der Waals surface area contributed by atoms with Gasteiger partial charge >= 0.3 is 5.97 Å². The van der Waals surface area contributed by atoms with Gasteiger partial charge in [0.05, 0.1) is 39.8 Å². The summed E-state index contributed by atoms with van der Waals surface area (Å²) in [5.41, 5.74) is 6.08. The predicted molar refractivity (Wildman–Crippen MR) is 189 cm³/mol. The molecule has 0 saturated carbocycles. The number of thiazole rings is 1. The monoisotopic (exact) mass is 705 g/mol. The average Bonchev–Trinajstić information content (AvgIpc) is 3.68. The highest BCUT2D eigenvalue weighted by Gasteiger charge is 2.22. The smallest absolute Gasteiger partial charge is 0.317 e. The number of aliphatic carboxylic acids is 1. The molecule has 0 radical (unpaired) electrons. The van der Waals surface area contributed by atoms with Gasteiger partial charge in [0.25, 0.3) is 0 Å². The number of benzene rings is 2. The Labute approximate surface area is 291 Å². The molecule has 0 aliphatic carbocycles. The number of amides is 1. The largest absolute Gasteiger partial charge is 0.481 e. The number of pyridine rings is 2. The number of hydrogen-bond acceptors (Lipinski definition) is 10. The van der Waals surface area contributed by atoms with E-state index in [1.54, 1.807) is 13.3 Å². The van der Waals surface area contributed by atoms with Crippen molar-refractivity contribution in [2.75, 3.05) is 25.5 Å². The summed E-state index contributed by atoms with van der Waals surface area (Å²) in [6.45, 7) is 3.40. The predicted octanol–water partition coefficient (Wildman–Crippen LogP) is 6.33. The molecule has 3 aromatic heterocycles. The van der Waals surface area contributed by atoms with Gasteiger partial charge in [-0.2, -0.15) is 0 Å². The van der Waals surface area contributed by atoms with E-state index in [4.69, 9.17) is 38.0 Å². The van der Waals surface area contributed by atoms with Gasteiger partial charge in [0.1, 0.15) is 10.5 Å². The van der Waals surface area contributed by atoms with Gasteiger partial charge < -0.3 is 31.1 Å². The summed E-state index contributed by atoms with van der Waals surface area (Å²) in [5, 5.41) is 23.2. The zero-order valence-corrected chi connectivity index (χ0v) is 28.5. The fraction of sp³-hybridized carbons (Fsp3) is 0.265. The number of aromatic nitrogens is 3. The summed E-state index contributed by atoms with van der Waals surface area (Å²) < 4.78 is 6.61. The van der Waals surface area contributed by atoms with E-state index in [2.05, 4.69) is 31.2 Å². The van der Waals surface area contributed by atoms with Crippen molar-refractivity contribution < 1.29 is 19.4 Å². The van der Waals surface area contributed by atoms with Gasteiger partial charge in [0, 0.05) is 60.5 Å². The number of carboxylic acid groups (broad SMARTS) is 1. The van der Waals surface area contributed by atoms with Crippen LogP contribution in [-0.4, -0.2) is 58.2 Å². The lowest BCUT2D eigenvalue weighted by atomic mass is 9.99. The maximum Gasteiger partial charge on any atom is 0.317 e. The van der Waals surface area contributed by atoms with E-state index < -0.39 is 5.97 Å². The zero-order valence-electron chi connectivity index (χ0n) is 26.2. The Morgan fingerprint density at radius 3 is 2.58 bits per heavy atom. The number of carbonyl (C=O) groups excluding carboxylic acids is 1. The first-order chi connectivity index (χ1) is 23.2. The Bertz CT molecular complexity index is 2000. The minimum atomic E-state index is -0.929. The van der Waals surface area contributed by atoms with Gasteiger partial charge in [0.15, 0.2) is 5.82 Å². The van der Waals surface area contributed by atoms with Crippen molar-refractivity contribution in [1.82, 2.24) is 30.9 Å². The highest BCUT2D eigenvalue weighted by Crippen LogP contribution is 2.42. The molecule has 14 heteroatoms. The number of hydrogen-bond donors (Lipinski definition) is 5. The molecule has 1 fully saturated rings. The Morgan fingerprint density at radius 1 is 1.06 bits per heavy atom. The number of ether oxygens (including phenoxy) is 1. The average molecular weight is 707 g/mol. The van der Waals surface area contributed by atoms with Crippen molar-refractivity contribution in [3.05, 3.63) is 80.9 Å². The Hall–Kier alpha value is -4.33. The van der Waals surface area contributed by atoms with E-state index in [9.17, 15) is 9.59 Å². The highest BCUT2D eigenvalue weighted by atomic mass is 35.5. The third-order valence-electron chi connectivity index (χ3n) is 8.00. The van der Waals surface area contributed by atoms with Gasteiger partial charge in [-0.15, -0.1) is 11.3 Å². The third-order valence-corrected chi connectivity index (χ3v) is 9.84. The molecule has 11 nitrogen and oxygen atoms in total. The Kier molecular flexibility index (Phi) is 10.4. The second-order valence-electron chi connectivity index (χ2n) is 11.3. The summed E-state index contributed by atoms with van der Waals surface area (Å²) in [7, 11) is 1.60. The summed E-state index contributed by atoms with van der Waals surface area (Å²) in [6, 6.07) is 15.4. The molecule has 1 amide bonds. The van der Waals surface area contributed by atoms with Gasteiger partial charge in [0.2, 0.25) is 11.8 Å². The molecule has 4 heterocycles. The standard InChI is InChI=1S/C34H33Cl2N7O4S/c1-18-13-25(42-34(47-2)23(18)15-37-14-19-9-10-27(44)40-19)22-7-3-5-20(30(22)35)21-6-4-8-24(31(21)36)41-33-32-26(11-12-39-33)48-28(43-32)16-38-17-29(45)46/h3-8,11-13,19,37-38H,9-10,14-17H2,1-2H3,(H,39,41)(H,40,44)(H,45,46)/t19-/m1/s1. The second kappa shape index (κ2) is 14.8. The molecule has 1 saturated heterocycles. The third kappa shape index (κ3) is 7.38. The van der Waals surface area contributed by atoms with Crippen LogP contribution in [0.1, 0.15) is 29.0 Å². The number of carboxylic acids is 1. The number of halogens is 2. The first-order valence-electron chi connectivity index (χ1n) is 15.3. The number of anilines is 2. The molecule has 1 aliphatic heterocycles. The van der Waals surface area contributed by atoms with Crippen molar-refractivity contribution in [2.24, 2.45) is 0 Å². The van der Waals surface area contributed by atoms with Gasteiger partial charge in [-0.05, 0) is 37.1 Å². The molecule has 248 valence electrons. The number of nitrogens with zero attached hydrogens (tertiary/aromatic N) is 3. The molecular weight excluding hydrogens is 673 g/mol. The van der Waals surface area contributed by atoms with Crippen LogP contribution in [0.3, 0.4) is 0 Å². The van der Waals surface area contributed by atoms with Crippen LogP contribution < -0.4 is 26.0 Å². The maximum atomic E-state index is 11.5. The highest BCUT2D eigenvalue weighted by molar-refractivity contribution is 7.18. The molecule has 1 atom stereocenters. The molecular formula is C34H33Cl2N7O4S. The number of methoxy groups -OCH3 is 1. The van der Waals surface area contributed by atoms with Crippen LogP contribution in [-0.2, 0) is 22.7 Å². The van der Waals surface area contributed by atoms with Crippen LogP contribution in [0, 0.1) is 6.92 Å². The lowest BCUT2D eigenvalue weighted by Crippen LogP contribution is -2.35. The van der Waals surface area contributed by atoms with Crippen molar-refractivity contribution in [2.45, 2.75) is 38.9 Å². The van der Waals surface area contributed by atoms with E-state index in [-0.39, 0.29) is 18.5 Å². The van der Waals surface area contributed by atoms with Crippen LogP contribution in [0.4, 0.5) is 11.5 Å². The van der Waals surface area contributed by atoms with Crippen LogP contribution >= 0.6 is 34.5 Å². The minimum absolute atomic E-state index is 0.0922. The summed E-state index contributed by atoms with van der Waals surface area (Å²) in [4.78, 5) is 36.4. The number of carbonyl (C=O) groups is 2. The van der Waals surface area contributed by atoms with Crippen molar-refractivity contribution in [3.63, 3.8) is 0 Å². The molecule has 2 aromatic carbocycles. The fourth-order valence-electron chi connectivity index (χ4n) is 5.64. The van der Waals surface area contributed by atoms with Crippen LogP contribution in [0.5, 0.6) is 5.88 Å². The topological polar surface area (TPSA) is 150 Å². The van der Waals surface area contributed by atoms with E-state index >= 15 is 0 Å². The molecule has 6 rings (SSSR count). The second-order valence-corrected chi connectivity index (χ2v) is 13.2. The first kappa shape index (κ1) is 33.6. The summed E-state index contributed by atoms with van der Waals surface area (Å²) in [5.74, 6) is 0.195. The van der Waals surface area contributed by atoms with Gasteiger partial charge in [-0.25, -0.2) is 15.0 Å². The van der Waals surface area contributed by atoms with Crippen molar-refractivity contribution in [3.8, 4) is 28.3 Å².